The van der Waals surface area contributed by atoms with Gasteiger partial charge >= 0.3 is 0 Å². The third-order valence-corrected chi connectivity index (χ3v) is 5.30. The van der Waals surface area contributed by atoms with Gasteiger partial charge in [0.15, 0.2) is 0 Å². The highest BCUT2D eigenvalue weighted by Crippen LogP contribution is 2.36. The standard InChI is InChI=1S/C18H20N4S/c1-12-2-4-13(5-3-12)15-10-23-18-16(15)17(20-11-21-18)22-14-6-8-19-9-7-14/h2-5,10-11,14,19H,6-9H2,1H3,(H,20,21,22). The number of hydrogen-bond acceptors (Lipinski definition) is 5. The van der Waals surface area contributed by atoms with Gasteiger partial charge < -0.3 is 10.6 Å². The third-order valence-electron chi connectivity index (χ3n) is 4.41. The molecule has 2 aromatic heterocycles. The van der Waals surface area contributed by atoms with Crippen LogP contribution in [0.15, 0.2) is 36.0 Å². The third kappa shape index (κ3) is 2.94. The number of nitrogens with zero attached hydrogens (tertiary/aromatic N) is 2. The number of hydrogen-bond donors (Lipinski definition) is 2. The lowest BCUT2D eigenvalue weighted by atomic mass is 10.0. The van der Waals surface area contributed by atoms with E-state index in [9.17, 15) is 0 Å². The zero-order valence-corrected chi connectivity index (χ0v) is 14.0. The van der Waals surface area contributed by atoms with Crippen LogP contribution in [-0.4, -0.2) is 29.1 Å². The van der Waals surface area contributed by atoms with Gasteiger partial charge in [-0.1, -0.05) is 29.8 Å². The van der Waals surface area contributed by atoms with Gasteiger partial charge in [0.25, 0.3) is 0 Å². The lowest BCUT2D eigenvalue weighted by molar-refractivity contribution is 0.478. The van der Waals surface area contributed by atoms with E-state index in [1.54, 1.807) is 17.7 Å². The number of aromatic nitrogens is 2. The molecule has 1 saturated heterocycles. The fourth-order valence-electron chi connectivity index (χ4n) is 3.09. The van der Waals surface area contributed by atoms with Gasteiger partial charge in [-0.2, -0.15) is 0 Å². The van der Waals surface area contributed by atoms with Gasteiger partial charge in [-0.05, 0) is 38.4 Å². The van der Waals surface area contributed by atoms with Crippen LogP contribution in [0.25, 0.3) is 21.3 Å². The molecule has 3 aromatic rings. The van der Waals surface area contributed by atoms with E-state index < -0.39 is 0 Å². The van der Waals surface area contributed by atoms with Gasteiger partial charge in [0.1, 0.15) is 17.0 Å². The van der Waals surface area contributed by atoms with Crippen LogP contribution < -0.4 is 10.6 Å². The van der Waals surface area contributed by atoms with Crippen molar-refractivity contribution >= 4 is 27.4 Å². The van der Waals surface area contributed by atoms with Crippen molar-refractivity contribution in [1.29, 1.82) is 0 Å². The lowest BCUT2D eigenvalue weighted by Crippen LogP contribution is -2.35. The maximum absolute atomic E-state index is 4.54. The normalized spacial score (nSPS) is 15.9. The molecule has 4 nitrogen and oxygen atoms in total. The average Bonchev–Trinajstić information content (AvgIpc) is 3.02. The second kappa shape index (κ2) is 6.26. The van der Waals surface area contributed by atoms with Gasteiger partial charge in [0.2, 0.25) is 0 Å². The first-order valence-electron chi connectivity index (χ1n) is 8.08. The Labute approximate surface area is 140 Å². The van der Waals surface area contributed by atoms with Crippen molar-refractivity contribution < 1.29 is 0 Å². The molecular formula is C18H20N4S. The second-order valence-corrected chi connectivity index (χ2v) is 6.94. The fraction of sp³-hybridized carbons (Fsp3) is 0.333. The summed E-state index contributed by atoms with van der Waals surface area (Å²) in [7, 11) is 0. The Morgan fingerprint density at radius 1 is 1.13 bits per heavy atom. The minimum atomic E-state index is 0.486. The van der Waals surface area contributed by atoms with E-state index in [2.05, 4.69) is 57.2 Å². The first kappa shape index (κ1) is 14.6. The van der Waals surface area contributed by atoms with Crippen molar-refractivity contribution in [3.63, 3.8) is 0 Å². The van der Waals surface area contributed by atoms with Crippen molar-refractivity contribution in [3.05, 3.63) is 41.5 Å². The minimum Gasteiger partial charge on any atom is -0.367 e. The smallest absolute Gasteiger partial charge is 0.139 e. The number of anilines is 1. The number of fused-ring (bicyclic) bond motifs is 1. The summed E-state index contributed by atoms with van der Waals surface area (Å²) >= 11 is 1.69. The minimum absolute atomic E-state index is 0.486. The molecule has 0 atom stereocenters. The summed E-state index contributed by atoms with van der Waals surface area (Å²) < 4.78 is 0. The Hall–Kier alpha value is -1.98. The predicted molar refractivity (Wildman–Crippen MR) is 97.1 cm³/mol. The van der Waals surface area contributed by atoms with Crippen molar-refractivity contribution in [2.45, 2.75) is 25.8 Å². The highest BCUT2D eigenvalue weighted by atomic mass is 32.1. The van der Waals surface area contributed by atoms with E-state index in [0.29, 0.717) is 6.04 Å². The Bertz CT molecular complexity index is 804. The summed E-state index contributed by atoms with van der Waals surface area (Å²) in [6.07, 6.45) is 3.94. The number of piperidine rings is 1. The van der Waals surface area contributed by atoms with Crippen molar-refractivity contribution in [2.24, 2.45) is 0 Å². The van der Waals surface area contributed by atoms with E-state index in [0.717, 1.165) is 42.0 Å². The summed E-state index contributed by atoms with van der Waals surface area (Å²) in [5, 5.41) is 10.4. The average molecular weight is 324 g/mol. The van der Waals surface area contributed by atoms with Gasteiger partial charge in [-0.25, -0.2) is 9.97 Å². The molecule has 0 spiro atoms. The predicted octanol–water partition coefficient (Wildman–Crippen LogP) is 3.83. The number of benzene rings is 1. The second-order valence-electron chi connectivity index (χ2n) is 6.09. The maximum atomic E-state index is 4.54. The fourth-order valence-corrected chi connectivity index (χ4v) is 4.01. The van der Waals surface area contributed by atoms with E-state index in [1.807, 2.05) is 0 Å². The Morgan fingerprint density at radius 3 is 2.70 bits per heavy atom. The van der Waals surface area contributed by atoms with E-state index in [4.69, 9.17) is 0 Å². The van der Waals surface area contributed by atoms with Crippen molar-refractivity contribution in [3.8, 4) is 11.1 Å². The molecule has 0 amide bonds. The summed E-state index contributed by atoms with van der Waals surface area (Å²) in [4.78, 5) is 10.0. The number of nitrogens with one attached hydrogen (secondary N) is 2. The van der Waals surface area contributed by atoms with Crippen molar-refractivity contribution in [2.75, 3.05) is 18.4 Å². The largest absolute Gasteiger partial charge is 0.367 e. The van der Waals surface area contributed by atoms with Crippen LogP contribution in [0.2, 0.25) is 0 Å². The monoisotopic (exact) mass is 324 g/mol. The molecule has 2 N–H and O–H groups in total. The molecule has 0 unspecified atom stereocenters. The van der Waals surface area contributed by atoms with Crippen LogP contribution >= 0.6 is 11.3 Å². The summed E-state index contributed by atoms with van der Waals surface area (Å²) in [5.74, 6) is 0.971. The first-order chi connectivity index (χ1) is 11.3. The van der Waals surface area contributed by atoms with E-state index in [-0.39, 0.29) is 0 Å². The zero-order valence-electron chi connectivity index (χ0n) is 13.2. The molecule has 0 radical (unpaired) electrons. The van der Waals surface area contributed by atoms with Gasteiger partial charge in [-0.15, -0.1) is 11.3 Å². The van der Waals surface area contributed by atoms with E-state index >= 15 is 0 Å². The zero-order chi connectivity index (χ0) is 15.6. The molecule has 0 bridgehead atoms. The summed E-state index contributed by atoms with van der Waals surface area (Å²) in [6.45, 7) is 4.25. The molecule has 5 heteroatoms. The lowest BCUT2D eigenvalue weighted by Gasteiger charge is -2.24. The van der Waals surface area contributed by atoms with Gasteiger partial charge in [-0.3, -0.25) is 0 Å². The quantitative estimate of drug-likeness (QED) is 0.769. The Balaban J connectivity index is 1.75. The van der Waals surface area contributed by atoms with Crippen LogP contribution in [0.5, 0.6) is 0 Å². The molecule has 1 aromatic carbocycles. The highest BCUT2D eigenvalue weighted by molar-refractivity contribution is 7.17. The molecule has 1 fully saturated rings. The molecule has 1 aliphatic rings. The Kier molecular flexibility index (Phi) is 3.97. The van der Waals surface area contributed by atoms with E-state index in [1.165, 1.54) is 16.7 Å². The van der Waals surface area contributed by atoms with Gasteiger partial charge in [0, 0.05) is 17.0 Å². The molecule has 0 saturated carbocycles. The molecule has 3 heterocycles. The maximum Gasteiger partial charge on any atom is 0.139 e. The van der Waals surface area contributed by atoms with Crippen LogP contribution in [0.1, 0.15) is 18.4 Å². The molecular weight excluding hydrogens is 304 g/mol. The van der Waals surface area contributed by atoms with Gasteiger partial charge in [0.05, 0.1) is 5.39 Å². The molecule has 1 aliphatic heterocycles. The number of thiophene rings is 1. The number of rotatable bonds is 3. The van der Waals surface area contributed by atoms with Crippen LogP contribution in [0.3, 0.4) is 0 Å². The van der Waals surface area contributed by atoms with Crippen molar-refractivity contribution in [1.82, 2.24) is 15.3 Å². The topological polar surface area (TPSA) is 49.8 Å². The Morgan fingerprint density at radius 2 is 1.91 bits per heavy atom. The van der Waals surface area contributed by atoms with Crippen LogP contribution in [0, 0.1) is 6.92 Å². The highest BCUT2D eigenvalue weighted by Gasteiger charge is 2.17. The molecule has 23 heavy (non-hydrogen) atoms. The van der Waals surface area contributed by atoms with Crippen LogP contribution in [-0.2, 0) is 0 Å². The molecule has 4 rings (SSSR count). The molecule has 118 valence electrons. The SMILES string of the molecule is Cc1ccc(-c2csc3ncnc(NC4CCNCC4)c23)cc1. The summed E-state index contributed by atoms with van der Waals surface area (Å²) in [5.41, 5.74) is 3.73. The first-order valence-corrected chi connectivity index (χ1v) is 8.96. The van der Waals surface area contributed by atoms with Crippen LogP contribution in [0.4, 0.5) is 5.82 Å². The summed E-state index contributed by atoms with van der Waals surface area (Å²) in [6, 6.07) is 9.15. The number of aryl methyl sites for hydroxylation is 1. The molecule has 0 aliphatic carbocycles.